The van der Waals surface area contributed by atoms with Crippen LogP contribution >= 0.6 is 0 Å². The van der Waals surface area contributed by atoms with Crippen molar-refractivity contribution >= 4 is 5.69 Å². The minimum atomic E-state index is -1.37. The predicted octanol–water partition coefficient (Wildman–Crippen LogP) is 2.82. The number of hydrogen-bond acceptors (Lipinski definition) is 6. The van der Waals surface area contributed by atoms with Crippen molar-refractivity contribution < 1.29 is 20.1 Å². The third kappa shape index (κ3) is 5.69. The Morgan fingerprint density at radius 1 is 0.970 bits per heavy atom. The van der Waals surface area contributed by atoms with E-state index in [0.29, 0.717) is 38.1 Å². The average Bonchev–Trinajstić information content (AvgIpc) is 2.76. The SMILES string of the molecule is Cc1cc(C)cc(OC[C@@]2(O)CN(CC3(O)CCN(c4ccccc4C)CC3)CC[C@@H]2O)c1. The van der Waals surface area contributed by atoms with Gasteiger partial charge in [0.15, 0.2) is 0 Å². The van der Waals surface area contributed by atoms with E-state index in [4.69, 9.17) is 4.74 Å². The minimum Gasteiger partial charge on any atom is -0.490 e. The third-order valence-electron chi connectivity index (χ3n) is 7.19. The van der Waals surface area contributed by atoms with Crippen LogP contribution in [0.2, 0.25) is 0 Å². The van der Waals surface area contributed by atoms with E-state index in [2.05, 4.69) is 47.1 Å². The van der Waals surface area contributed by atoms with E-state index >= 15 is 0 Å². The molecule has 0 aromatic heterocycles. The van der Waals surface area contributed by atoms with Crippen molar-refractivity contribution in [2.45, 2.75) is 57.3 Å². The van der Waals surface area contributed by atoms with E-state index < -0.39 is 17.3 Å². The fourth-order valence-corrected chi connectivity index (χ4v) is 5.30. The van der Waals surface area contributed by atoms with E-state index in [-0.39, 0.29) is 13.2 Å². The number of aliphatic hydroxyl groups excluding tert-OH is 1. The first kappa shape index (κ1) is 24.0. The highest BCUT2D eigenvalue weighted by atomic mass is 16.5. The van der Waals surface area contributed by atoms with Crippen LogP contribution in [0.1, 0.15) is 36.0 Å². The Kier molecular flexibility index (Phi) is 7.01. The number of hydrogen-bond donors (Lipinski definition) is 3. The molecule has 2 aromatic rings. The number of anilines is 1. The summed E-state index contributed by atoms with van der Waals surface area (Å²) < 4.78 is 5.91. The first-order valence-electron chi connectivity index (χ1n) is 12.0. The maximum absolute atomic E-state index is 11.3. The van der Waals surface area contributed by atoms with Crippen LogP contribution in [0.3, 0.4) is 0 Å². The number of para-hydroxylation sites is 1. The number of β-amino-alcohol motifs (C(OH)–C–C–N with tert-alkyl or cyclic N) is 2. The summed E-state index contributed by atoms with van der Waals surface area (Å²) in [5.74, 6) is 0.701. The summed E-state index contributed by atoms with van der Waals surface area (Å²) in [5, 5.41) is 33.1. The molecule has 0 spiro atoms. The lowest BCUT2D eigenvalue weighted by atomic mass is 9.86. The lowest BCUT2D eigenvalue weighted by Crippen LogP contribution is -2.62. The number of likely N-dealkylation sites (tertiary alicyclic amines) is 1. The van der Waals surface area contributed by atoms with Gasteiger partial charge >= 0.3 is 0 Å². The van der Waals surface area contributed by atoms with Crippen LogP contribution in [-0.2, 0) is 0 Å². The Hall–Kier alpha value is -2.12. The minimum absolute atomic E-state index is 0.0209. The van der Waals surface area contributed by atoms with Gasteiger partial charge < -0.3 is 25.0 Å². The van der Waals surface area contributed by atoms with Gasteiger partial charge in [0, 0.05) is 38.4 Å². The zero-order valence-corrected chi connectivity index (χ0v) is 20.1. The molecule has 2 atom stereocenters. The number of ether oxygens (including phenoxy) is 1. The van der Waals surface area contributed by atoms with Gasteiger partial charge in [-0.05, 0) is 74.9 Å². The first-order chi connectivity index (χ1) is 15.7. The van der Waals surface area contributed by atoms with Crippen LogP contribution < -0.4 is 9.64 Å². The molecule has 6 heteroatoms. The van der Waals surface area contributed by atoms with Gasteiger partial charge in [-0.15, -0.1) is 0 Å². The summed E-state index contributed by atoms with van der Waals surface area (Å²) in [4.78, 5) is 4.43. The van der Waals surface area contributed by atoms with E-state index in [1.54, 1.807) is 0 Å². The normalized spacial score (nSPS) is 25.8. The van der Waals surface area contributed by atoms with Gasteiger partial charge in [0.05, 0.1) is 11.7 Å². The van der Waals surface area contributed by atoms with Gasteiger partial charge in [-0.2, -0.15) is 0 Å². The smallest absolute Gasteiger partial charge is 0.137 e. The fourth-order valence-electron chi connectivity index (χ4n) is 5.30. The number of aliphatic hydroxyl groups is 3. The van der Waals surface area contributed by atoms with Gasteiger partial charge in [-0.1, -0.05) is 24.3 Å². The third-order valence-corrected chi connectivity index (χ3v) is 7.19. The van der Waals surface area contributed by atoms with Crippen LogP contribution in [0.25, 0.3) is 0 Å². The van der Waals surface area contributed by atoms with Gasteiger partial charge in [0.25, 0.3) is 0 Å². The maximum atomic E-state index is 11.3. The molecule has 2 aliphatic heterocycles. The second-order valence-corrected chi connectivity index (χ2v) is 10.2. The van der Waals surface area contributed by atoms with E-state index in [0.717, 1.165) is 24.2 Å². The van der Waals surface area contributed by atoms with Crippen molar-refractivity contribution in [3.05, 3.63) is 59.2 Å². The summed E-state index contributed by atoms with van der Waals surface area (Å²) in [6.45, 7) is 9.19. The van der Waals surface area contributed by atoms with Crippen molar-refractivity contribution in [2.24, 2.45) is 0 Å². The molecule has 0 amide bonds. The Morgan fingerprint density at radius 3 is 2.30 bits per heavy atom. The molecular weight excluding hydrogens is 416 g/mol. The van der Waals surface area contributed by atoms with Crippen LogP contribution in [0.15, 0.2) is 42.5 Å². The first-order valence-corrected chi connectivity index (χ1v) is 12.0. The molecule has 2 saturated heterocycles. The molecule has 0 aliphatic carbocycles. The highest BCUT2D eigenvalue weighted by Crippen LogP contribution is 2.31. The molecule has 2 aliphatic rings. The Balaban J connectivity index is 1.35. The summed E-state index contributed by atoms with van der Waals surface area (Å²) in [5.41, 5.74) is 2.52. The highest BCUT2D eigenvalue weighted by Gasteiger charge is 2.44. The Bertz CT molecular complexity index is 937. The molecule has 4 rings (SSSR count). The van der Waals surface area contributed by atoms with Crippen LogP contribution in [-0.4, -0.2) is 76.9 Å². The predicted molar refractivity (Wildman–Crippen MR) is 131 cm³/mol. The lowest BCUT2D eigenvalue weighted by molar-refractivity contribution is -0.149. The van der Waals surface area contributed by atoms with Crippen molar-refractivity contribution in [1.29, 1.82) is 0 Å². The monoisotopic (exact) mass is 454 g/mol. The number of piperidine rings is 2. The second-order valence-electron chi connectivity index (χ2n) is 10.2. The summed E-state index contributed by atoms with van der Waals surface area (Å²) in [7, 11) is 0. The fraction of sp³-hybridized carbons (Fsp3) is 0.556. The number of nitrogens with zero attached hydrogens (tertiary/aromatic N) is 2. The van der Waals surface area contributed by atoms with Gasteiger partial charge in [0.2, 0.25) is 0 Å². The lowest BCUT2D eigenvalue weighted by Gasteiger charge is -2.47. The molecule has 0 saturated carbocycles. The van der Waals surface area contributed by atoms with Crippen molar-refractivity contribution in [3.8, 4) is 5.75 Å². The zero-order chi connectivity index (χ0) is 23.6. The number of aryl methyl sites for hydroxylation is 3. The molecule has 2 aromatic carbocycles. The molecule has 0 bridgehead atoms. The number of benzene rings is 2. The van der Waals surface area contributed by atoms with Gasteiger partial charge in [0.1, 0.15) is 18.0 Å². The largest absolute Gasteiger partial charge is 0.490 e. The van der Waals surface area contributed by atoms with Gasteiger partial charge in [-0.3, -0.25) is 4.90 Å². The van der Waals surface area contributed by atoms with E-state index in [9.17, 15) is 15.3 Å². The molecule has 33 heavy (non-hydrogen) atoms. The topological polar surface area (TPSA) is 76.4 Å². The molecule has 0 unspecified atom stereocenters. The standard InChI is InChI=1S/C27H38N2O4/c1-20-14-21(2)16-23(15-20)33-19-27(32)18-28(11-8-25(27)30)17-26(31)9-12-29(13-10-26)24-7-5-4-6-22(24)3/h4-7,14-16,25,30-32H,8-13,17-19H2,1-3H3/t25-,27-/m0/s1. The molecule has 2 fully saturated rings. The molecule has 180 valence electrons. The van der Waals surface area contributed by atoms with Crippen molar-refractivity contribution in [1.82, 2.24) is 4.90 Å². The zero-order valence-electron chi connectivity index (χ0n) is 20.1. The summed E-state index contributed by atoms with van der Waals surface area (Å²) in [6.07, 6.45) is 0.964. The van der Waals surface area contributed by atoms with E-state index in [1.807, 2.05) is 26.0 Å². The Morgan fingerprint density at radius 2 is 1.64 bits per heavy atom. The van der Waals surface area contributed by atoms with Gasteiger partial charge in [-0.25, -0.2) is 0 Å². The van der Waals surface area contributed by atoms with Crippen LogP contribution in [0.5, 0.6) is 5.75 Å². The molecular formula is C27H38N2O4. The summed E-state index contributed by atoms with van der Waals surface area (Å²) in [6, 6.07) is 14.3. The summed E-state index contributed by atoms with van der Waals surface area (Å²) >= 11 is 0. The second kappa shape index (κ2) is 9.63. The Labute approximate surface area is 197 Å². The molecule has 0 radical (unpaired) electrons. The average molecular weight is 455 g/mol. The quantitative estimate of drug-likeness (QED) is 0.623. The van der Waals surface area contributed by atoms with Crippen molar-refractivity contribution in [2.75, 3.05) is 44.2 Å². The van der Waals surface area contributed by atoms with Crippen LogP contribution in [0.4, 0.5) is 5.69 Å². The molecule has 2 heterocycles. The maximum Gasteiger partial charge on any atom is 0.137 e. The highest BCUT2D eigenvalue weighted by molar-refractivity contribution is 5.53. The van der Waals surface area contributed by atoms with E-state index in [1.165, 1.54) is 11.3 Å². The van der Waals surface area contributed by atoms with Crippen molar-refractivity contribution in [3.63, 3.8) is 0 Å². The molecule has 6 nitrogen and oxygen atoms in total. The molecule has 3 N–H and O–H groups in total. The van der Waals surface area contributed by atoms with Crippen LogP contribution in [0, 0.1) is 20.8 Å². The number of rotatable bonds is 6.